The lowest BCUT2D eigenvalue weighted by atomic mass is 9.80. The second kappa shape index (κ2) is 14.8. The highest BCUT2D eigenvalue weighted by Gasteiger charge is 2.42. The van der Waals surface area contributed by atoms with Crippen molar-refractivity contribution >= 4 is 40.8 Å². The van der Waals surface area contributed by atoms with Gasteiger partial charge in [0.15, 0.2) is 18.1 Å². The Morgan fingerprint density at radius 3 is 2.41 bits per heavy atom. The second-order valence-corrected chi connectivity index (χ2v) is 14.3. The number of hydrogen-bond donors (Lipinski definition) is 0. The van der Waals surface area contributed by atoms with Gasteiger partial charge in [-0.1, -0.05) is 42.8 Å². The van der Waals surface area contributed by atoms with E-state index in [-0.39, 0.29) is 42.9 Å². The van der Waals surface area contributed by atoms with Crippen LogP contribution in [-0.4, -0.2) is 43.3 Å². The molecule has 5 atom stereocenters. The van der Waals surface area contributed by atoms with Crippen LogP contribution in [0, 0.1) is 17.8 Å². The van der Waals surface area contributed by atoms with Gasteiger partial charge >= 0.3 is 5.97 Å². The number of carbonyl (C=O) groups excluding carboxylic acids is 3. The average Bonchev–Trinajstić information content (AvgIpc) is 3.52. The van der Waals surface area contributed by atoms with E-state index >= 15 is 0 Å². The molecular formula is C40H45ClN2O6. The first-order valence-electron chi connectivity index (χ1n) is 17.3. The molecule has 0 aromatic heterocycles. The lowest BCUT2D eigenvalue weighted by Crippen LogP contribution is -2.41. The third-order valence-electron chi connectivity index (χ3n) is 10.4. The van der Waals surface area contributed by atoms with E-state index in [1.807, 2.05) is 55.1 Å². The van der Waals surface area contributed by atoms with Crippen molar-refractivity contribution in [2.75, 3.05) is 18.6 Å². The zero-order valence-electron chi connectivity index (χ0n) is 28.9. The van der Waals surface area contributed by atoms with Crippen LogP contribution in [-0.2, 0) is 25.5 Å². The molecule has 0 spiro atoms. The maximum Gasteiger partial charge on any atom is 0.303 e. The number of methoxy groups -OCH3 is 1. The number of fused-ring (bicyclic) bond motifs is 2. The van der Waals surface area contributed by atoms with Crippen molar-refractivity contribution in [2.24, 2.45) is 22.7 Å². The fourth-order valence-electron chi connectivity index (χ4n) is 8.07. The standard InChI is InChI=1S/C40H45ClN2O6/c1-23(2)49-37-21-34-30(19-36(37)47-5)20-39(46)43(40(34)27-9-13-31(41)14-10-27)32-15-11-26(12-16-32)24(3)29-17-28-7-6-8-35(33(28)18-29)42-38(45)22-48-25(4)44/h9-16,19,21,23-24,28-29,33,40H,6-8,17-18,20,22H2,1-5H3/t24?,28?,29?,33?,40-/m0/s1. The number of amides is 2. The van der Waals surface area contributed by atoms with Crippen molar-refractivity contribution in [1.82, 2.24) is 0 Å². The van der Waals surface area contributed by atoms with Gasteiger partial charge in [0.1, 0.15) is 0 Å². The van der Waals surface area contributed by atoms with E-state index in [2.05, 4.69) is 36.2 Å². The van der Waals surface area contributed by atoms with Crippen molar-refractivity contribution in [3.8, 4) is 11.5 Å². The monoisotopic (exact) mass is 684 g/mol. The molecule has 1 aliphatic heterocycles. The molecule has 0 bridgehead atoms. The zero-order valence-corrected chi connectivity index (χ0v) is 29.7. The number of benzene rings is 3. The number of rotatable bonds is 9. The molecule has 2 amide bonds. The van der Waals surface area contributed by atoms with E-state index in [0.29, 0.717) is 34.3 Å². The van der Waals surface area contributed by atoms with Crippen LogP contribution in [0.15, 0.2) is 65.7 Å². The summed E-state index contributed by atoms with van der Waals surface area (Å²) in [5.74, 6) is 1.95. The fraction of sp³-hybridized carbons (Fsp3) is 0.450. The number of hydrogen-bond acceptors (Lipinski definition) is 6. The van der Waals surface area contributed by atoms with Gasteiger partial charge in [-0.15, -0.1) is 0 Å². The van der Waals surface area contributed by atoms with Crippen LogP contribution in [0.2, 0.25) is 5.02 Å². The van der Waals surface area contributed by atoms with Crippen molar-refractivity contribution in [2.45, 2.75) is 84.3 Å². The number of carbonyl (C=O) groups is 3. The summed E-state index contributed by atoms with van der Waals surface area (Å²) in [6.07, 6.45) is 5.26. The molecule has 2 saturated carbocycles. The van der Waals surface area contributed by atoms with Crippen LogP contribution in [0.25, 0.3) is 0 Å². The number of halogens is 1. The number of anilines is 1. The van der Waals surface area contributed by atoms with Gasteiger partial charge in [-0.05, 0) is 122 Å². The predicted molar refractivity (Wildman–Crippen MR) is 191 cm³/mol. The third kappa shape index (κ3) is 7.54. The summed E-state index contributed by atoms with van der Waals surface area (Å²) in [6, 6.07) is 19.7. The van der Waals surface area contributed by atoms with Gasteiger partial charge in [-0.25, -0.2) is 4.99 Å². The van der Waals surface area contributed by atoms with Gasteiger partial charge in [-0.2, -0.15) is 0 Å². The number of esters is 1. The first-order chi connectivity index (χ1) is 23.5. The molecule has 1 heterocycles. The minimum Gasteiger partial charge on any atom is -0.493 e. The average molecular weight is 685 g/mol. The Morgan fingerprint density at radius 2 is 1.73 bits per heavy atom. The largest absolute Gasteiger partial charge is 0.493 e. The Kier molecular flexibility index (Phi) is 10.4. The number of ether oxygens (including phenoxy) is 3. The van der Waals surface area contributed by atoms with Gasteiger partial charge < -0.3 is 19.1 Å². The minimum atomic E-state index is -0.475. The highest BCUT2D eigenvalue weighted by Crippen LogP contribution is 2.49. The molecule has 0 N–H and O–H groups in total. The van der Waals surface area contributed by atoms with E-state index in [1.165, 1.54) is 12.5 Å². The zero-order chi connectivity index (χ0) is 34.8. The Morgan fingerprint density at radius 1 is 1.00 bits per heavy atom. The first-order valence-corrected chi connectivity index (χ1v) is 17.7. The van der Waals surface area contributed by atoms with Gasteiger partial charge in [0, 0.05) is 29.3 Å². The molecular weight excluding hydrogens is 640 g/mol. The Labute approximate surface area is 293 Å². The van der Waals surface area contributed by atoms with Crippen LogP contribution in [0.5, 0.6) is 11.5 Å². The van der Waals surface area contributed by atoms with Gasteiger partial charge in [-0.3, -0.25) is 14.4 Å². The molecule has 9 heteroatoms. The molecule has 2 fully saturated rings. The van der Waals surface area contributed by atoms with E-state index < -0.39 is 5.97 Å². The summed E-state index contributed by atoms with van der Waals surface area (Å²) in [6.45, 7) is 7.24. The summed E-state index contributed by atoms with van der Waals surface area (Å²) < 4.78 is 16.7. The third-order valence-corrected chi connectivity index (χ3v) is 10.6. The molecule has 0 radical (unpaired) electrons. The van der Waals surface area contributed by atoms with Crippen molar-refractivity contribution < 1.29 is 28.6 Å². The van der Waals surface area contributed by atoms with E-state index in [4.69, 9.17) is 25.8 Å². The first kappa shape index (κ1) is 34.7. The van der Waals surface area contributed by atoms with Crippen molar-refractivity contribution in [3.63, 3.8) is 0 Å². The molecule has 6 rings (SSSR count). The molecule has 49 heavy (non-hydrogen) atoms. The SMILES string of the molecule is COc1cc2c(cc1OC(C)C)[C@H](c1ccc(Cl)cc1)N(c1ccc(C(C)C3CC4CCCC(=NC(=O)COC(C)=O)C4C3)cc1)C(=O)C2. The summed E-state index contributed by atoms with van der Waals surface area (Å²) in [7, 11) is 1.62. The van der Waals surface area contributed by atoms with Crippen LogP contribution in [0.4, 0.5) is 5.69 Å². The molecule has 8 nitrogen and oxygen atoms in total. The van der Waals surface area contributed by atoms with Crippen molar-refractivity contribution in [3.05, 3.63) is 87.9 Å². The summed E-state index contributed by atoms with van der Waals surface area (Å²) >= 11 is 6.29. The summed E-state index contributed by atoms with van der Waals surface area (Å²) in [5, 5.41) is 0.633. The second-order valence-electron chi connectivity index (χ2n) is 13.9. The fourth-order valence-corrected chi connectivity index (χ4v) is 8.19. The Balaban J connectivity index is 1.26. The molecule has 3 aliphatic rings. The Bertz CT molecular complexity index is 1730. The summed E-state index contributed by atoms with van der Waals surface area (Å²) in [5.41, 5.74) is 5.88. The smallest absolute Gasteiger partial charge is 0.303 e. The highest BCUT2D eigenvalue weighted by atomic mass is 35.5. The lowest BCUT2D eigenvalue weighted by molar-refractivity contribution is -0.145. The molecule has 3 aromatic carbocycles. The Hall–Kier alpha value is -4.17. The molecule has 4 unspecified atom stereocenters. The molecule has 3 aromatic rings. The topological polar surface area (TPSA) is 94.5 Å². The maximum absolute atomic E-state index is 14.0. The highest BCUT2D eigenvalue weighted by molar-refractivity contribution is 6.30. The minimum absolute atomic E-state index is 0.00256. The number of nitrogens with zero attached hydrogens (tertiary/aromatic N) is 2. The maximum atomic E-state index is 14.0. The van der Waals surface area contributed by atoms with Gasteiger partial charge in [0.2, 0.25) is 5.91 Å². The molecule has 0 saturated heterocycles. The van der Waals surface area contributed by atoms with E-state index in [0.717, 1.165) is 60.2 Å². The van der Waals surface area contributed by atoms with Crippen LogP contribution in [0.1, 0.15) is 94.0 Å². The summed E-state index contributed by atoms with van der Waals surface area (Å²) in [4.78, 5) is 43.9. The normalized spacial score (nSPS) is 23.2. The molecule has 2 aliphatic carbocycles. The lowest BCUT2D eigenvalue weighted by Gasteiger charge is -2.38. The van der Waals surface area contributed by atoms with E-state index in [9.17, 15) is 14.4 Å². The van der Waals surface area contributed by atoms with Gasteiger partial charge in [0.05, 0.1) is 25.7 Å². The van der Waals surface area contributed by atoms with Crippen molar-refractivity contribution in [1.29, 1.82) is 0 Å². The van der Waals surface area contributed by atoms with E-state index in [1.54, 1.807) is 7.11 Å². The predicted octanol–water partition coefficient (Wildman–Crippen LogP) is 8.28. The van der Waals surface area contributed by atoms with Crippen LogP contribution < -0.4 is 14.4 Å². The van der Waals surface area contributed by atoms with Crippen LogP contribution in [0.3, 0.4) is 0 Å². The number of aliphatic imine (C=N–C) groups is 1. The quantitative estimate of drug-likeness (QED) is 0.211. The molecule has 258 valence electrons. The van der Waals surface area contributed by atoms with Crippen LogP contribution >= 0.6 is 11.6 Å². The van der Waals surface area contributed by atoms with Gasteiger partial charge in [0.25, 0.3) is 5.91 Å².